The van der Waals surface area contributed by atoms with Gasteiger partial charge in [0.1, 0.15) is 0 Å². The first-order valence-corrected chi connectivity index (χ1v) is 29.4. The van der Waals surface area contributed by atoms with Crippen molar-refractivity contribution in [3.8, 4) is 0 Å². The number of carbonyl (C=O) groups excluding carboxylic acids is 4. The van der Waals surface area contributed by atoms with Gasteiger partial charge in [0.25, 0.3) is 0 Å². The molecule has 4 fully saturated rings. The van der Waals surface area contributed by atoms with Crippen LogP contribution in [0.4, 0.5) is 45.5 Å². The Labute approximate surface area is 500 Å². The fourth-order valence-electron chi connectivity index (χ4n) is 13.0. The highest BCUT2D eigenvalue weighted by molar-refractivity contribution is 5.96. The quantitative estimate of drug-likeness (QED) is 0.0434. The smallest absolute Gasteiger partial charge is 0.226 e. The highest BCUT2D eigenvalue weighted by Crippen LogP contribution is 2.74. The molecule has 0 radical (unpaired) electrons. The molecule has 4 aliphatic carbocycles. The van der Waals surface area contributed by atoms with Crippen LogP contribution in [0.2, 0.25) is 0 Å². The number of nitrogens with zero attached hydrogens (tertiary/aromatic N) is 8. The van der Waals surface area contributed by atoms with Crippen molar-refractivity contribution in [1.82, 2.24) is 21.3 Å². The first kappa shape index (κ1) is 57.8. The van der Waals surface area contributed by atoms with Crippen molar-refractivity contribution >= 4 is 69.1 Å². The van der Waals surface area contributed by atoms with E-state index in [1.54, 1.807) is 0 Å². The molecule has 0 spiro atoms. The summed E-state index contributed by atoms with van der Waals surface area (Å²) < 4.78 is 0. The minimum atomic E-state index is -1.22. The Hall–Kier alpha value is -9.96. The van der Waals surface area contributed by atoms with Crippen molar-refractivity contribution < 1.29 is 19.2 Å². The standard InChI is InChI=1S/C70H68N12O4/c83-63(71-41-37-51-21-29-59(30-22-51)79-75-55-13-5-1-6-14-55)67-45-68(64(84)72-42-38-52-23-31-60(32-24-52)80-76-56-15-7-2-8-16-56)48-69(46-67,65(85)73-43-39-53-25-33-61(34-26-53)81-77-57-17-9-3-10-18-57)50-70(47-67,49-68)66(86)74-44-40-54-27-35-62(36-28-54)82-78-58-19-11-4-12-20-58/h1-36H,37-50H2,(H,71,83)(H,72,84)(H,73,85)(H,74,86). The predicted octanol–water partition coefficient (Wildman–Crippen LogP) is 15.4. The lowest BCUT2D eigenvalue weighted by Gasteiger charge is -2.67. The lowest BCUT2D eigenvalue weighted by molar-refractivity contribution is -0.208. The first-order valence-electron chi connectivity index (χ1n) is 29.4. The van der Waals surface area contributed by atoms with E-state index in [9.17, 15) is 0 Å². The number of nitrogens with one attached hydrogen (secondary N) is 4. The van der Waals surface area contributed by atoms with Gasteiger partial charge >= 0.3 is 0 Å². The summed E-state index contributed by atoms with van der Waals surface area (Å²) in [5, 5.41) is 48.0. The van der Waals surface area contributed by atoms with Gasteiger partial charge in [-0.15, -0.1) is 0 Å². The second kappa shape index (κ2) is 26.7. The fourth-order valence-corrected chi connectivity index (χ4v) is 13.0. The second-order valence-electron chi connectivity index (χ2n) is 23.0. The summed E-state index contributed by atoms with van der Waals surface area (Å²) in [6.45, 7) is 1.20. The van der Waals surface area contributed by atoms with Crippen molar-refractivity contribution in [2.45, 2.75) is 64.2 Å². The largest absolute Gasteiger partial charge is 0.355 e. The van der Waals surface area contributed by atoms with Gasteiger partial charge < -0.3 is 21.3 Å². The van der Waals surface area contributed by atoms with Gasteiger partial charge in [0.2, 0.25) is 23.6 Å². The molecule has 0 aliphatic heterocycles. The van der Waals surface area contributed by atoms with Crippen LogP contribution in [0.15, 0.2) is 259 Å². The van der Waals surface area contributed by atoms with Crippen molar-refractivity contribution in [3.63, 3.8) is 0 Å². The lowest BCUT2D eigenvalue weighted by atomic mass is 9.34. The molecule has 4 saturated carbocycles. The van der Waals surface area contributed by atoms with E-state index in [1.165, 1.54) is 0 Å². The molecule has 4 bridgehead atoms. The zero-order valence-corrected chi connectivity index (χ0v) is 47.9. The van der Waals surface area contributed by atoms with E-state index >= 15 is 19.2 Å². The van der Waals surface area contributed by atoms with Gasteiger partial charge in [-0.25, -0.2) is 0 Å². The number of benzene rings is 8. The Morgan fingerprint density at radius 1 is 0.244 bits per heavy atom. The third-order valence-corrected chi connectivity index (χ3v) is 16.7. The zero-order chi connectivity index (χ0) is 59.1. The van der Waals surface area contributed by atoms with Crippen LogP contribution in [0.25, 0.3) is 0 Å². The zero-order valence-electron chi connectivity index (χ0n) is 47.9. The monoisotopic (exact) mass is 1140 g/mol. The highest BCUT2D eigenvalue weighted by atomic mass is 16.2. The average molecular weight is 1140 g/mol. The SMILES string of the molecule is O=C(NCCc1ccc(N=Nc2ccccc2)cc1)C12CC3(C(=O)NCCc4ccc(N=Nc5ccccc5)cc4)CC(C(=O)NCCc4ccc(N=Nc5ccccc5)cc4)(C1)CC(C(=O)NCCc1ccc(N=Nc4ccccc4)cc1)(C2)C3. The van der Waals surface area contributed by atoms with Gasteiger partial charge in [0, 0.05) is 26.2 Å². The number of amides is 4. The number of rotatable bonds is 24. The number of azo groups is 4. The Kier molecular flexibility index (Phi) is 18.0. The van der Waals surface area contributed by atoms with Gasteiger partial charge in [0.05, 0.1) is 67.2 Å². The van der Waals surface area contributed by atoms with Crippen LogP contribution in [0.5, 0.6) is 0 Å². The molecule has 0 atom stereocenters. The van der Waals surface area contributed by atoms with E-state index in [-0.39, 0.29) is 62.2 Å². The summed E-state index contributed by atoms with van der Waals surface area (Å²) in [7, 11) is 0. The van der Waals surface area contributed by atoms with Gasteiger partial charge in [-0.3, -0.25) is 19.2 Å². The van der Waals surface area contributed by atoms with Gasteiger partial charge in [-0.2, -0.15) is 40.9 Å². The van der Waals surface area contributed by atoms with Crippen LogP contribution in [0.1, 0.15) is 60.8 Å². The molecule has 86 heavy (non-hydrogen) atoms. The highest BCUT2D eigenvalue weighted by Gasteiger charge is 2.75. The minimum absolute atomic E-state index is 0.200. The summed E-state index contributed by atoms with van der Waals surface area (Å²) in [5.74, 6) is -1.02. The molecule has 16 nitrogen and oxygen atoms in total. The third kappa shape index (κ3) is 14.3. The van der Waals surface area contributed by atoms with E-state index in [0.717, 1.165) is 45.0 Å². The van der Waals surface area contributed by atoms with E-state index in [0.29, 0.717) is 74.6 Å². The van der Waals surface area contributed by atoms with Crippen LogP contribution in [-0.4, -0.2) is 49.8 Å². The Morgan fingerprint density at radius 3 is 0.581 bits per heavy atom. The normalized spacial score (nSPS) is 20.4. The minimum Gasteiger partial charge on any atom is -0.355 e. The molecule has 4 amide bonds. The number of hydrogen-bond acceptors (Lipinski definition) is 12. The molecule has 4 aliphatic rings. The summed E-state index contributed by atoms with van der Waals surface area (Å²) in [5.41, 5.74) is 4.87. The molecule has 12 rings (SSSR count). The van der Waals surface area contributed by atoms with Crippen molar-refractivity contribution in [3.05, 3.63) is 241 Å². The summed E-state index contributed by atoms with van der Waals surface area (Å²) in [4.78, 5) is 61.4. The van der Waals surface area contributed by atoms with Crippen molar-refractivity contribution in [2.24, 2.45) is 62.6 Å². The summed E-state index contributed by atoms with van der Waals surface area (Å²) in [6, 6.07) is 69.0. The van der Waals surface area contributed by atoms with E-state index < -0.39 is 21.7 Å². The molecule has 8 aromatic rings. The molecule has 4 N–H and O–H groups in total. The first-order chi connectivity index (χ1) is 42.0. The average Bonchev–Trinajstić information content (AvgIpc) is 1.23. The van der Waals surface area contributed by atoms with Crippen LogP contribution < -0.4 is 21.3 Å². The van der Waals surface area contributed by atoms with Crippen molar-refractivity contribution in [1.29, 1.82) is 0 Å². The summed E-state index contributed by atoms with van der Waals surface area (Å²) >= 11 is 0. The maximum absolute atomic E-state index is 15.3. The second-order valence-corrected chi connectivity index (χ2v) is 23.0. The predicted molar refractivity (Wildman–Crippen MR) is 333 cm³/mol. The van der Waals surface area contributed by atoms with Crippen LogP contribution in [-0.2, 0) is 44.9 Å². The van der Waals surface area contributed by atoms with Crippen molar-refractivity contribution in [2.75, 3.05) is 26.2 Å². The van der Waals surface area contributed by atoms with Gasteiger partial charge in [-0.1, -0.05) is 121 Å². The summed E-state index contributed by atoms with van der Waals surface area (Å²) in [6.07, 6.45) is 3.28. The van der Waals surface area contributed by atoms with Gasteiger partial charge in [-0.05, 0) is 184 Å². The number of hydrogen-bond donors (Lipinski definition) is 4. The van der Waals surface area contributed by atoms with E-state index in [1.807, 2.05) is 218 Å². The Balaban J connectivity index is 0.833. The maximum Gasteiger partial charge on any atom is 0.226 e. The molecule has 0 heterocycles. The fraction of sp³-hybridized carbons (Fsp3) is 0.257. The molecule has 0 unspecified atom stereocenters. The molecular formula is C70H68N12O4. The third-order valence-electron chi connectivity index (χ3n) is 16.7. The van der Waals surface area contributed by atoms with Crippen LogP contribution in [0, 0.1) is 21.7 Å². The molecule has 0 saturated heterocycles. The van der Waals surface area contributed by atoms with Crippen LogP contribution in [0.3, 0.4) is 0 Å². The van der Waals surface area contributed by atoms with Crippen LogP contribution >= 0.6 is 0 Å². The van der Waals surface area contributed by atoms with E-state index in [2.05, 4.69) is 62.2 Å². The van der Waals surface area contributed by atoms with E-state index in [4.69, 9.17) is 0 Å². The molecule has 16 heteroatoms. The lowest BCUT2D eigenvalue weighted by Crippen LogP contribution is -2.72. The Bertz CT molecular complexity index is 3200. The molecular weight excluding hydrogens is 1070 g/mol. The Morgan fingerprint density at radius 2 is 0.407 bits per heavy atom. The topological polar surface area (TPSA) is 215 Å². The molecule has 0 aromatic heterocycles. The molecule has 432 valence electrons. The number of carbonyl (C=O) groups is 4. The molecule has 8 aromatic carbocycles. The maximum atomic E-state index is 15.3. The van der Waals surface area contributed by atoms with Gasteiger partial charge in [0.15, 0.2) is 0 Å².